The standard InChI is InChI=1S/C22H26FN3O5/c1-14(27)24-19-12-22(30-13-21(19,2)29)6-8-26(9-7-22)20(28)18-11-17(25-31-18)15-4-3-5-16(23)10-15/h3-5,10-11,19,29H,6-9,12-13H2,1-2H3,(H,24,27)/t19-,21-/m0/s1. The van der Waals surface area contributed by atoms with E-state index in [0.717, 1.165) is 0 Å². The number of hydrogen-bond donors (Lipinski definition) is 2. The Labute approximate surface area is 179 Å². The fourth-order valence-corrected chi connectivity index (χ4v) is 4.28. The number of piperidine rings is 1. The predicted octanol–water partition coefficient (Wildman–Crippen LogP) is 2.13. The number of hydrogen-bond acceptors (Lipinski definition) is 6. The summed E-state index contributed by atoms with van der Waals surface area (Å²) in [5.41, 5.74) is -0.712. The lowest BCUT2D eigenvalue weighted by molar-refractivity contribution is -0.191. The summed E-state index contributed by atoms with van der Waals surface area (Å²) in [6, 6.07) is 7.04. The van der Waals surface area contributed by atoms with Crippen molar-refractivity contribution in [2.45, 2.75) is 50.4 Å². The van der Waals surface area contributed by atoms with Gasteiger partial charge in [-0.2, -0.15) is 0 Å². The first kappa shape index (κ1) is 21.5. The van der Waals surface area contributed by atoms with Crippen LogP contribution in [0.5, 0.6) is 0 Å². The molecule has 2 saturated heterocycles. The molecule has 2 aliphatic rings. The minimum atomic E-state index is -1.14. The zero-order valence-corrected chi connectivity index (χ0v) is 17.6. The van der Waals surface area contributed by atoms with Crippen LogP contribution in [0.2, 0.25) is 0 Å². The van der Waals surface area contributed by atoms with Crippen LogP contribution in [0, 0.1) is 5.82 Å². The Balaban J connectivity index is 1.41. The van der Waals surface area contributed by atoms with Crippen LogP contribution in [-0.2, 0) is 9.53 Å². The largest absolute Gasteiger partial charge is 0.386 e. The molecule has 8 nitrogen and oxygen atoms in total. The Kier molecular flexibility index (Phi) is 5.57. The van der Waals surface area contributed by atoms with E-state index < -0.39 is 23.1 Å². The summed E-state index contributed by atoms with van der Waals surface area (Å²) >= 11 is 0. The summed E-state index contributed by atoms with van der Waals surface area (Å²) in [6.45, 7) is 4.09. The van der Waals surface area contributed by atoms with E-state index in [1.54, 1.807) is 24.0 Å². The van der Waals surface area contributed by atoms with E-state index >= 15 is 0 Å². The van der Waals surface area contributed by atoms with Gasteiger partial charge in [0.25, 0.3) is 5.91 Å². The predicted molar refractivity (Wildman–Crippen MR) is 109 cm³/mol. The van der Waals surface area contributed by atoms with E-state index in [1.807, 2.05) is 0 Å². The molecule has 2 aromatic rings. The van der Waals surface area contributed by atoms with E-state index in [9.17, 15) is 19.1 Å². The van der Waals surface area contributed by atoms with Crippen LogP contribution in [-0.4, -0.2) is 63.9 Å². The molecule has 3 heterocycles. The Morgan fingerprint density at radius 1 is 1.29 bits per heavy atom. The molecule has 0 aliphatic carbocycles. The molecule has 0 radical (unpaired) electrons. The lowest BCUT2D eigenvalue weighted by Crippen LogP contribution is -2.63. The van der Waals surface area contributed by atoms with Gasteiger partial charge in [0.15, 0.2) is 0 Å². The second kappa shape index (κ2) is 8.05. The third-order valence-corrected chi connectivity index (χ3v) is 6.18. The van der Waals surface area contributed by atoms with Crippen molar-refractivity contribution in [1.82, 2.24) is 15.4 Å². The number of likely N-dealkylation sites (tertiary alicyclic amines) is 1. The zero-order chi connectivity index (χ0) is 22.2. The number of halogens is 1. The summed E-state index contributed by atoms with van der Waals surface area (Å²) in [7, 11) is 0. The molecular formula is C22H26FN3O5. The fourth-order valence-electron chi connectivity index (χ4n) is 4.28. The van der Waals surface area contributed by atoms with Crippen molar-refractivity contribution in [3.05, 3.63) is 41.9 Å². The number of ether oxygens (including phenoxy) is 1. The highest BCUT2D eigenvalue weighted by Crippen LogP contribution is 2.38. The summed E-state index contributed by atoms with van der Waals surface area (Å²) in [4.78, 5) is 26.1. The van der Waals surface area contributed by atoms with E-state index in [0.29, 0.717) is 43.6 Å². The van der Waals surface area contributed by atoms with Crippen molar-refractivity contribution in [2.75, 3.05) is 19.7 Å². The van der Waals surface area contributed by atoms with Gasteiger partial charge < -0.3 is 24.6 Å². The maximum Gasteiger partial charge on any atom is 0.292 e. The minimum Gasteiger partial charge on any atom is -0.386 e. The van der Waals surface area contributed by atoms with Crippen molar-refractivity contribution in [1.29, 1.82) is 0 Å². The number of carbonyl (C=O) groups is 2. The van der Waals surface area contributed by atoms with Crippen LogP contribution in [0.25, 0.3) is 11.3 Å². The van der Waals surface area contributed by atoms with E-state index in [-0.39, 0.29) is 24.2 Å². The highest BCUT2D eigenvalue weighted by Gasteiger charge is 2.49. The second-order valence-electron chi connectivity index (χ2n) is 8.67. The zero-order valence-electron chi connectivity index (χ0n) is 17.6. The van der Waals surface area contributed by atoms with Gasteiger partial charge in [0.1, 0.15) is 17.1 Å². The van der Waals surface area contributed by atoms with Gasteiger partial charge in [-0.15, -0.1) is 0 Å². The van der Waals surface area contributed by atoms with E-state index in [2.05, 4.69) is 10.5 Å². The lowest BCUT2D eigenvalue weighted by Gasteiger charge is -2.50. The van der Waals surface area contributed by atoms with E-state index in [1.165, 1.54) is 25.1 Å². The Morgan fingerprint density at radius 2 is 2.03 bits per heavy atom. The average molecular weight is 431 g/mol. The van der Waals surface area contributed by atoms with Crippen LogP contribution in [0.15, 0.2) is 34.9 Å². The molecule has 2 amide bonds. The van der Waals surface area contributed by atoms with Crippen LogP contribution in [0.1, 0.15) is 43.7 Å². The third kappa shape index (κ3) is 4.47. The van der Waals surface area contributed by atoms with Crippen LogP contribution < -0.4 is 5.32 Å². The highest BCUT2D eigenvalue weighted by atomic mass is 19.1. The normalized spacial score (nSPS) is 25.4. The molecule has 9 heteroatoms. The molecule has 2 N–H and O–H groups in total. The van der Waals surface area contributed by atoms with Gasteiger partial charge in [0.2, 0.25) is 11.7 Å². The van der Waals surface area contributed by atoms with Crippen molar-refractivity contribution >= 4 is 11.8 Å². The molecule has 2 aliphatic heterocycles. The number of benzene rings is 1. The summed E-state index contributed by atoms with van der Waals surface area (Å²) in [5, 5.41) is 17.3. The van der Waals surface area contributed by atoms with Gasteiger partial charge in [-0.25, -0.2) is 4.39 Å². The summed E-state index contributed by atoms with van der Waals surface area (Å²) < 4.78 is 24.7. The van der Waals surface area contributed by atoms with Gasteiger partial charge in [0, 0.05) is 31.6 Å². The molecule has 31 heavy (non-hydrogen) atoms. The van der Waals surface area contributed by atoms with Crippen LogP contribution in [0.3, 0.4) is 0 Å². The maximum atomic E-state index is 13.4. The first-order chi connectivity index (χ1) is 14.7. The molecule has 1 aromatic heterocycles. The first-order valence-electron chi connectivity index (χ1n) is 10.3. The van der Waals surface area contributed by atoms with Crippen LogP contribution in [0.4, 0.5) is 4.39 Å². The average Bonchev–Trinajstić information content (AvgIpc) is 3.21. The molecule has 0 bridgehead atoms. The van der Waals surface area contributed by atoms with E-state index in [4.69, 9.17) is 9.26 Å². The van der Waals surface area contributed by atoms with Crippen molar-refractivity contribution in [3.8, 4) is 11.3 Å². The lowest BCUT2D eigenvalue weighted by atomic mass is 9.77. The molecule has 2 fully saturated rings. The Hall–Kier alpha value is -2.78. The second-order valence-corrected chi connectivity index (χ2v) is 8.67. The fraction of sp³-hybridized carbons (Fsp3) is 0.500. The van der Waals surface area contributed by atoms with Gasteiger partial charge in [-0.05, 0) is 38.3 Å². The van der Waals surface area contributed by atoms with Gasteiger partial charge >= 0.3 is 0 Å². The smallest absolute Gasteiger partial charge is 0.292 e. The monoisotopic (exact) mass is 431 g/mol. The molecule has 0 saturated carbocycles. The quantitative estimate of drug-likeness (QED) is 0.772. The number of carbonyl (C=O) groups excluding carboxylic acids is 2. The maximum absolute atomic E-state index is 13.4. The van der Waals surface area contributed by atoms with Gasteiger partial charge in [-0.1, -0.05) is 17.3 Å². The molecule has 166 valence electrons. The molecule has 1 aromatic carbocycles. The first-order valence-corrected chi connectivity index (χ1v) is 10.3. The molecule has 2 atom stereocenters. The number of rotatable bonds is 3. The number of aromatic nitrogens is 1. The minimum absolute atomic E-state index is 0.0961. The highest BCUT2D eigenvalue weighted by molar-refractivity contribution is 5.92. The van der Waals surface area contributed by atoms with Crippen molar-refractivity contribution < 1.29 is 28.3 Å². The number of aliphatic hydroxyl groups is 1. The van der Waals surface area contributed by atoms with Crippen molar-refractivity contribution in [2.24, 2.45) is 0 Å². The number of nitrogens with zero attached hydrogens (tertiary/aromatic N) is 2. The molecule has 4 rings (SSSR count). The Morgan fingerprint density at radius 3 is 2.71 bits per heavy atom. The van der Waals surface area contributed by atoms with Gasteiger partial charge in [-0.3, -0.25) is 9.59 Å². The number of amides is 2. The Bertz CT molecular complexity index is 981. The van der Waals surface area contributed by atoms with Gasteiger partial charge in [0.05, 0.1) is 18.2 Å². The summed E-state index contributed by atoms with van der Waals surface area (Å²) in [5.74, 6) is -0.779. The molecule has 0 unspecified atom stereocenters. The topological polar surface area (TPSA) is 105 Å². The third-order valence-electron chi connectivity index (χ3n) is 6.18. The SMILES string of the molecule is CC(=O)N[C@H]1CC2(CCN(C(=O)c3cc(-c4cccc(F)c4)no3)CC2)OC[C@]1(C)O. The van der Waals surface area contributed by atoms with Crippen molar-refractivity contribution in [3.63, 3.8) is 0 Å². The van der Waals surface area contributed by atoms with Crippen LogP contribution >= 0.6 is 0 Å². The number of nitrogens with one attached hydrogen (secondary N) is 1. The molecule has 1 spiro atoms. The molecular weight excluding hydrogens is 405 g/mol. The summed E-state index contributed by atoms with van der Waals surface area (Å²) in [6.07, 6.45) is 1.64.